The third kappa shape index (κ3) is 3.28. The normalized spacial score (nSPS) is 10.3. The Labute approximate surface area is 127 Å². The molecule has 0 aliphatic rings. The third-order valence-corrected chi connectivity index (χ3v) is 3.30. The molecule has 0 radical (unpaired) electrons. The van der Waals surface area contributed by atoms with E-state index in [1.807, 2.05) is 6.92 Å². The number of methoxy groups -OCH3 is 1. The summed E-state index contributed by atoms with van der Waals surface area (Å²) in [5, 5.41) is 11.7. The number of hydrogen-bond acceptors (Lipinski definition) is 4. The Morgan fingerprint density at radius 1 is 1.23 bits per heavy atom. The molecule has 1 amide bonds. The van der Waals surface area contributed by atoms with Crippen LogP contribution < -0.4 is 10.1 Å². The molecule has 1 aromatic heterocycles. The van der Waals surface area contributed by atoms with Crippen molar-refractivity contribution >= 4 is 11.9 Å². The van der Waals surface area contributed by atoms with Gasteiger partial charge < -0.3 is 19.6 Å². The topological polar surface area (TPSA) is 88.8 Å². The fraction of sp³-hybridized carbons (Fsp3) is 0.250. The van der Waals surface area contributed by atoms with Gasteiger partial charge in [0.2, 0.25) is 0 Å². The van der Waals surface area contributed by atoms with E-state index in [0.717, 1.165) is 5.56 Å². The van der Waals surface area contributed by atoms with E-state index in [-0.39, 0.29) is 18.0 Å². The molecular weight excluding hydrogens is 286 g/mol. The Morgan fingerprint density at radius 2 is 1.95 bits per heavy atom. The van der Waals surface area contributed by atoms with Gasteiger partial charge in [0, 0.05) is 5.56 Å². The summed E-state index contributed by atoms with van der Waals surface area (Å²) in [7, 11) is 1.56. The number of hydrogen-bond donors (Lipinski definition) is 2. The van der Waals surface area contributed by atoms with Gasteiger partial charge in [-0.3, -0.25) is 4.79 Å². The van der Waals surface area contributed by atoms with E-state index in [2.05, 4.69) is 5.32 Å². The molecule has 2 N–H and O–H groups in total. The van der Waals surface area contributed by atoms with E-state index in [1.54, 1.807) is 32.2 Å². The van der Waals surface area contributed by atoms with Crippen molar-refractivity contribution in [1.29, 1.82) is 0 Å². The summed E-state index contributed by atoms with van der Waals surface area (Å²) in [4.78, 5) is 23.1. The van der Waals surface area contributed by atoms with Gasteiger partial charge in [-0.15, -0.1) is 0 Å². The van der Waals surface area contributed by atoms with E-state index in [9.17, 15) is 9.59 Å². The first kappa shape index (κ1) is 15.6. The Bertz CT molecular complexity index is 717. The number of nitrogens with one attached hydrogen (secondary N) is 1. The zero-order valence-electron chi connectivity index (χ0n) is 12.6. The molecule has 0 unspecified atom stereocenters. The third-order valence-electron chi connectivity index (χ3n) is 3.30. The maximum absolute atomic E-state index is 12.2. The highest BCUT2D eigenvalue weighted by Gasteiger charge is 2.15. The van der Waals surface area contributed by atoms with Crippen molar-refractivity contribution < 1.29 is 23.8 Å². The molecule has 6 heteroatoms. The number of carbonyl (C=O) groups excluding carboxylic acids is 1. The van der Waals surface area contributed by atoms with Crippen LogP contribution in [0.4, 0.5) is 0 Å². The lowest BCUT2D eigenvalue weighted by Gasteiger charge is -2.08. The molecule has 2 rings (SSSR count). The van der Waals surface area contributed by atoms with Crippen molar-refractivity contribution in [1.82, 2.24) is 5.32 Å². The van der Waals surface area contributed by atoms with Crippen molar-refractivity contribution in [3.8, 4) is 5.75 Å². The number of rotatable bonds is 5. The average Bonchev–Trinajstić information content (AvgIpc) is 2.86. The van der Waals surface area contributed by atoms with Crippen LogP contribution in [0.15, 0.2) is 28.7 Å². The highest BCUT2D eigenvalue weighted by molar-refractivity contribution is 5.95. The highest BCUT2D eigenvalue weighted by Crippen LogP contribution is 2.18. The molecule has 0 saturated heterocycles. The fourth-order valence-electron chi connectivity index (χ4n) is 2.12. The average molecular weight is 303 g/mol. The van der Waals surface area contributed by atoms with Crippen LogP contribution >= 0.6 is 0 Å². The Hall–Kier alpha value is -2.76. The van der Waals surface area contributed by atoms with Crippen molar-refractivity contribution in [3.05, 3.63) is 52.5 Å². The number of carbonyl (C=O) groups is 2. The number of carboxylic acids is 1. The molecule has 1 aromatic carbocycles. The standard InChI is InChI=1S/C16H17NO5/c1-9-6-11(21-3)4-5-13(9)15(18)17-8-12-7-14(16(19)20)10(2)22-12/h4-7H,8H2,1-3H3,(H,17,18)(H,19,20). The summed E-state index contributed by atoms with van der Waals surface area (Å²) in [5.74, 6) is 0.0875. The highest BCUT2D eigenvalue weighted by atomic mass is 16.5. The van der Waals surface area contributed by atoms with Gasteiger partial charge in [-0.1, -0.05) is 0 Å². The maximum Gasteiger partial charge on any atom is 0.339 e. The largest absolute Gasteiger partial charge is 0.497 e. The monoisotopic (exact) mass is 303 g/mol. The molecule has 0 aliphatic carbocycles. The summed E-state index contributed by atoms with van der Waals surface area (Å²) in [5.41, 5.74) is 1.42. The number of carboxylic acid groups (broad SMARTS) is 1. The fourth-order valence-corrected chi connectivity index (χ4v) is 2.12. The SMILES string of the molecule is COc1ccc(C(=O)NCc2cc(C(=O)O)c(C)o2)c(C)c1. The first-order chi connectivity index (χ1) is 10.4. The van der Waals surface area contributed by atoms with E-state index >= 15 is 0 Å². The summed E-state index contributed by atoms with van der Waals surface area (Å²) < 4.78 is 10.4. The van der Waals surface area contributed by atoms with Gasteiger partial charge in [0.25, 0.3) is 5.91 Å². The van der Waals surface area contributed by atoms with Gasteiger partial charge in [-0.05, 0) is 43.7 Å². The summed E-state index contributed by atoms with van der Waals surface area (Å²) >= 11 is 0. The number of benzene rings is 1. The molecule has 1 heterocycles. The second-order valence-corrected chi connectivity index (χ2v) is 4.85. The molecule has 2 aromatic rings. The predicted molar refractivity (Wildman–Crippen MR) is 79.3 cm³/mol. The number of amides is 1. The van der Waals surface area contributed by atoms with Gasteiger partial charge >= 0.3 is 5.97 Å². The molecule has 22 heavy (non-hydrogen) atoms. The summed E-state index contributed by atoms with van der Waals surface area (Å²) in [6, 6.07) is 6.58. The van der Waals surface area contributed by atoms with Gasteiger partial charge in [-0.25, -0.2) is 4.79 Å². The molecule has 0 saturated carbocycles. The Kier molecular flexibility index (Phi) is 4.50. The Morgan fingerprint density at radius 3 is 2.50 bits per heavy atom. The molecule has 0 atom stereocenters. The van der Waals surface area contributed by atoms with Crippen LogP contribution in [0.25, 0.3) is 0 Å². The molecule has 0 bridgehead atoms. The number of furan rings is 1. The lowest BCUT2D eigenvalue weighted by atomic mass is 10.1. The van der Waals surface area contributed by atoms with Crippen LogP contribution in [-0.2, 0) is 6.54 Å². The zero-order valence-corrected chi connectivity index (χ0v) is 12.6. The number of ether oxygens (including phenoxy) is 1. The van der Waals surface area contributed by atoms with Crippen LogP contribution in [0, 0.1) is 13.8 Å². The summed E-state index contributed by atoms with van der Waals surface area (Å²) in [6.07, 6.45) is 0. The Balaban J connectivity index is 2.07. The second-order valence-electron chi connectivity index (χ2n) is 4.85. The van der Waals surface area contributed by atoms with E-state index < -0.39 is 5.97 Å². The molecule has 0 aliphatic heterocycles. The van der Waals surface area contributed by atoms with Gasteiger partial charge in [0.05, 0.1) is 13.7 Å². The lowest BCUT2D eigenvalue weighted by Crippen LogP contribution is -2.23. The van der Waals surface area contributed by atoms with Crippen molar-refractivity contribution in [2.75, 3.05) is 7.11 Å². The minimum Gasteiger partial charge on any atom is -0.497 e. The number of aryl methyl sites for hydroxylation is 2. The van der Waals surface area contributed by atoms with Crippen LogP contribution in [-0.4, -0.2) is 24.1 Å². The van der Waals surface area contributed by atoms with Crippen LogP contribution in [0.5, 0.6) is 5.75 Å². The van der Waals surface area contributed by atoms with Gasteiger partial charge in [-0.2, -0.15) is 0 Å². The molecular formula is C16H17NO5. The van der Waals surface area contributed by atoms with Crippen LogP contribution in [0.1, 0.15) is 37.8 Å². The van der Waals surface area contributed by atoms with E-state index in [0.29, 0.717) is 22.8 Å². The predicted octanol–water partition coefficient (Wildman–Crippen LogP) is 2.53. The summed E-state index contributed by atoms with van der Waals surface area (Å²) in [6.45, 7) is 3.51. The quantitative estimate of drug-likeness (QED) is 0.886. The minimum atomic E-state index is -1.05. The lowest BCUT2D eigenvalue weighted by molar-refractivity contribution is 0.0694. The van der Waals surface area contributed by atoms with Crippen LogP contribution in [0.2, 0.25) is 0 Å². The van der Waals surface area contributed by atoms with Crippen molar-refractivity contribution in [2.24, 2.45) is 0 Å². The smallest absolute Gasteiger partial charge is 0.339 e. The second kappa shape index (κ2) is 6.34. The van der Waals surface area contributed by atoms with E-state index in [1.165, 1.54) is 6.07 Å². The van der Waals surface area contributed by atoms with Gasteiger partial charge in [0.15, 0.2) is 0 Å². The van der Waals surface area contributed by atoms with Crippen molar-refractivity contribution in [2.45, 2.75) is 20.4 Å². The van der Waals surface area contributed by atoms with Crippen LogP contribution in [0.3, 0.4) is 0 Å². The maximum atomic E-state index is 12.2. The molecule has 116 valence electrons. The molecule has 0 spiro atoms. The molecule has 6 nitrogen and oxygen atoms in total. The van der Waals surface area contributed by atoms with E-state index in [4.69, 9.17) is 14.3 Å². The first-order valence-corrected chi connectivity index (χ1v) is 6.67. The van der Waals surface area contributed by atoms with Crippen molar-refractivity contribution in [3.63, 3.8) is 0 Å². The molecule has 0 fully saturated rings. The zero-order chi connectivity index (χ0) is 16.3. The number of aromatic carboxylic acids is 1. The first-order valence-electron chi connectivity index (χ1n) is 6.67. The minimum absolute atomic E-state index is 0.102. The van der Waals surface area contributed by atoms with Gasteiger partial charge in [0.1, 0.15) is 22.8 Å².